The van der Waals surface area contributed by atoms with Crippen LogP contribution in [0.1, 0.15) is 71.3 Å². The van der Waals surface area contributed by atoms with Crippen LogP contribution in [0.25, 0.3) is 0 Å². The van der Waals surface area contributed by atoms with Crippen molar-refractivity contribution in [1.82, 2.24) is 10.2 Å². The number of ketones is 1. The Hall–Kier alpha value is -2.74. The van der Waals surface area contributed by atoms with Gasteiger partial charge in [-0.1, -0.05) is 50.6 Å². The van der Waals surface area contributed by atoms with Crippen LogP contribution in [0, 0.1) is 11.8 Å². The third-order valence-corrected chi connectivity index (χ3v) is 7.51. The lowest BCUT2D eigenvalue weighted by Gasteiger charge is -2.34. The number of nitrogens with zero attached hydrogens (tertiary/aromatic N) is 1. The second kappa shape index (κ2) is 13.0. The Bertz CT molecular complexity index is 920. The number of fused-ring (bicyclic) bond motifs is 1. The van der Waals surface area contributed by atoms with Crippen LogP contribution in [-0.4, -0.2) is 64.4 Å². The minimum Gasteiger partial charge on any atom is -0.460 e. The van der Waals surface area contributed by atoms with E-state index >= 15 is 0 Å². The normalized spacial score (nSPS) is 28.4. The molecule has 8 nitrogen and oxygen atoms in total. The summed E-state index contributed by atoms with van der Waals surface area (Å²) in [7, 11) is 0. The molecule has 2 fully saturated rings. The van der Waals surface area contributed by atoms with E-state index in [9.17, 15) is 24.3 Å². The highest BCUT2D eigenvalue weighted by Gasteiger charge is 2.41. The number of cyclic esters (lactones) is 1. The third kappa shape index (κ3) is 7.38. The summed E-state index contributed by atoms with van der Waals surface area (Å²) >= 11 is 0. The Balaban J connectivity index is 1.81. The average Bonchev–Trinajstić information content (AvgIpc) is 3.34. The van der Waals surface area contributed by atoms with E-state index in [2.05, 4.69) is 5.32 Å². The van der Waals surface area contributed by atoms with Crippen molar-refractivity contribution < 1.29 is 29.0 Å². The number of benzene rings is 1. The molecule has 0 aromatic heterocycles. The number of aliphatic hydroxyl groups is 1. The molecule has 0 spiro atoms. The molecule has 0 radical (unpaired) electrons. The van der Waals surface area contributed by atoms with Crippen LogP contribution in [0.2, 0.25) is 0 Å². The number of carbonyl (C=O) groups is 4. The van der Waals surface area contributed by atoms with Crippen LogP contribution in [-0.2, 0) is 30.3 Å². The molecule has 3 rings (SSSR count). The van der Waals surface area contributed by atoms with E-state index in [-0.39, 0.29) is 24.0 Å². The van der Waals surface area contributed by atoms with Crippen molar-refractivity contribution in [3.05, 3.63) is 35.9 Å². The van der Waals surface area contributed by atoms with Crippen molar-refractivity contribution in [1.29, 1.82) is 0 Å². The number of ether oxygens (including phenoxy) is 1. The molecule has 2 heterocycles. The molecular weight excluding hydrogens is 460 g/mol. The lowest BCUT2D eigenvalue weighted by atomic mass is 9.89. The first kappa shape index (κ1) is 27.8. The molecule has 2 amide bonds. The summed E-state index contributed by atoms with van der Waals surface area (Å²) in [5.41, 5.74) is 0.897. The first-order valence-corrected chi connectivity index (χ1v) is 13.2. The Morgan fingerprint density at radius 2 is 1.92 bits per heavy atom. The Morgan fingerprint density at radius 1 is 1.19 bits per heavy atom. The fourth-order valence-electron chi connectivity index (χ4n) is 5.10. The summed E-state index contributed by atoms with van der Waals surface area (Å²) < 4.78 is 5.94. The SMILES string of the molecule is CC(=O)CCCC[C@@H](C)[C@@H]1C[C@H](O)[C@H](C)C(=O)N[C@@H](Cc2ccccc2)C(=O)N2CCC[C@H]2C(=O)O1. The van der Waals surface area contributed by atoms with Crippen molar-refractivity contribution in [3.8, 4) is 0 Å². The maximum Gasteiger partial charge on any atom is 0.329 e. The first-order chi connectivity index (χ1) is 17.2. The van der Waals surface area contributed by atoms with Gasteiger partial charge < -0.3 is 24.9 Å². The number of aliphatic hydroxyl groups excluding tert-OH is 1. The number of carbonyl (C=O) groups excluding carboxylic acids is 4. The van der Waals surface area contributed by atoms with Gasteiger partial charge in [-0.25, -0.2) is 4.79 Å². The van der Waals surface area contributed by atoms with Crippen LogP contribution < -0.4 is 5.32 Å². The van der Waals surface area contributed by atoms with Gasteiger partial charge >= 0.3 is 5.97 Å². The molecule has 0 aliphatic carbocycles. The van der Waals surface area contributed by atoms with Crippen LogP contribution in [0.15, 0.2) is 30.3 Å². The first-order valence-electron chi connectivity index (χ1n) is 13.2. The smallest absolute Gasteiger partial charge is 0.329 e. The van der Waals surface area contributed by atoms with Crippen molar-refractivity contribution in [2.45, 2.75) is 96.4 Å². The molecule has 1 aromatic rings. The number of Topliss-reactive ketones (excluding diaryl/α,β-unsaturated/α-hetero) is 1. The molecule has 1 aromatic carbocycles. The van der Waals surface area contributed by atoms with Crippen molar-refractivity contribution in [3.63, 3.8) is 0 Å². The van der Waals surface area contributed by atoms with Crippen molar-refractivity contribution in [2.24, 2.45) is 11.8 Å². The highest BCUT2D eigenvalue weighted by atomic mass is 16.5. The number of amides is 2. The van der Waals surface area contributed by atoms with E-state index in [0.29, 0.717) is 32.2 Å². The molecule has 198 valence electrons. The maximum atomic E-state index is 13.6. The number of rotatable bonds is 8. The zero-order valence-electron chi connectivity index (χ0n) is 21.7. The highest BCUT2D eigenvalue weighted by Crippen LogP contribution is 2.27. The van der Waals surface area contributed by atoms with Gasteiger partial charge in [0, 0.05) is 25.8 Å². The second-order valence-electron chi connectivity index (χ2n) is 10.4. The minimum absolute atomic E-state index is 0.0647. The lowest BCUT2D eigenvalue weighted by molar-refractivity contribution is -0.163. The van der Waals surface area contributed by atoms with Gasteiger partial charge in [-0.05, 0) is 44.1 Å². The number of hydrogen-bond donors (Lipinski definition) is 2. The quantitative estimate of drug-likeness (QED) is 0.419. The van der Waals surface area contributed by atoms with Gasteiger partial charge in [0.1, 0.15) is 24.0 Å². The van der Waals surface area contributed by atoms with E-state index in [1.807, 2.05) is 37.3 Å². The Kier molecular flexibility index (Phi) is 10.0. The minimum atomic E-state index is -1.03. The van der Waals surface area contributed by atoms with Crippen LogP contribution >= 0.6 is 0 Å². The number of esters is 1. The Labute approximate surface area is 213 Å². The predicted octanol–water partition coefficient (Wildman–Crippen LogP) is 2.80. The molecule has 6 atom stereocenters. The topological polar surface area (TPSA) is 113 Å². The van der Waals surface area contributed by atoms with E-state index < -0.39 is 42.1 Å². The molecule has 2 N–H and O–H groups in total. The van der Waals surface area contributed by atoms with Crippen LogP contribution in [0.3, 0.4) is 0 Å². The largest absolute Gasteiger partial charge is 0.460 e. The monoisotopic (exact) mass is 500 g/mol. The molecule has 8 heteroatoms. The molecule has 0 unspecified atom stereocenters. The van der Waals surface area contributed by atoms with Gasteiger partial charge in [0.15, 0.2) is 0 Å². The summed E-state index contributed by atoms with van der Waals surface area (Å²) in [4.78, 5) is 52.8. The lowest BCUT2D eigenvalue weighted by Crippen LogP contribution is -2.55. The standard InChI is InChI=1S/C28H40N2O6/c1-18(10-7-8-11-19(2)31)25-17-24(32)20(3)26(33)29-22(16-21-12-5-4-6-13-21)27(34)30-15-9-14-23(30)28(35)36-25/h4-6,12-13,18,20,22-25,32H,7-11,14-17H2,1-3H3,(H,29,33)/t18-,20+,22+,23+,24+,25+/m1/s1. The van der Waals surface area contributed by atoms with E-state index in [1.165, 1.54) is 0 Å². The maximum absolute atomic E-state index is 13.6. The van der Waals surface area contributed by atoms with Gasteiger partial charge in [0.2, 0.25) is 11.8 Å². The second-order valence-corrected chi connectivity index (χ2v) is 10.4. The molecule has 0 saturated carbocycles. The van der Waals surface area contributed by atoms with E-state index in [4.69, 9.17) is 4.74 Å². The fraction of sp³-hybridized carbons (Fsp3) is 0.643. The average molecular weight is 501 g/mol. The summed E-state index contributed by atoms with van der Waals surface area (Å²) in [6.45, 7) is 5.59. The summed E-state index contributed by atoms with van der Waals surface area (Å²) in [6.07, 6.45) is 2.81. The summed E-state index contributed by atoms with van der Waals surface area (Å²) in [5, 5.41) is 13.8. The summed E-state index contributed by atoms with van der Waals surface area (Å²) in [5.74, 6) is -1.85. The molecule has 0 bridgehead atoms. The Morgan fingerprint density at radius 3 is 2.61 bits per heavy atom. The molecule has 36 heavy (non-hydrogen) atoms. The molecule has 2 aliphatic rings. The highest BCUT2D eigenvalue weighted by molar-refractivity contribution is 5.92. The number of nitrogens with one attached hydrogen (secondary N) is 1. The molecule has 2 aliphatic heterocycles. The van der Waals surface area contributed by atoms with Gasteiger partial charge in [0.05, 0.1) is 12.0 Å². The van der Waals surface area contributed by atoms with Crippen molar-refractivity contribution in [2.75, 3.05) is 6.54 Å². The van der Waals surface area contributed by atoms with Crippen molar-refractivity contribution >= 4 is 23.6 Å². The van der Waals surface area contributed by atoms with Gasteiger partial charge in [0.25, 0.3) is 0 Å². The van der Waals surface area contributed by atoms with E-state index in [0.717, 1.165) is 24.8 Å². The van der Waals surface area contributed by atoms with Gasteiger partial charge in [-0.15, -0.1) is 0 Å². The number of hydrogen-bond acceptors (Lipinski definition) is 6. The number of unbranched alkanes of at least 4 members (excludes halogenated alkanes) is 1. The van der Waals surface area contributed by atoms with E-state index in [1.54, 1.807) is 18.7 Å². The fourth-order valence-corrected chi connectivity index (χ4v) is 5.10. The summed E-state index contributed by atoms with van der Waals surface area (Å²) in [6, 6.07) is 7.89. The van der Waals surface area contributed by atoms with Crippen LogP contribution in [0.4, 0.5) is 0 Å². The third-order valence-electron chi connectivity index (χ3n) is 7.51. The zero-order chi connectivity index (χ0) is 26.2. The van der Waals surface area contributed by atoms with Crippen LogP contribution in [0.5, 0.6) is 0 Å². The zero-order valence-corrected chi connectivity index (χ0v) is 21.7. The molecule has 2 saturated heterocycles. The molecular formula is C28H40N2O6. The predicted molar refractivity (Wildman–Crippen MR) is 135 cm³/mol. The van der Waals surface area contributed by atoms with Gasteiger partial charge in [-0.2, -0.15) is 0 Å². The van der Waals surface area contributed by atoms with Gasteiger partial charge in [-0.3, -0.25) is 9.59 Å².